The summed E-state index contributed by atoms with van der Waals surface area (Å²) < 4.78 is 16.2. The maximum absolute atomic E-state index is 13.6. The number of rotatable bonds is 11. The second kappa shape index (κ2) is 15.0. The lowest BCUT2D eigenvalue weighted by Crippen LogP contribution is -2.36. The fraction of sp³-hybridized carbons (Fsp3) is 0.351. The first kappa shape index (κ1) is 32.5. The maximum atomic E-state index is 13.6. The molecule has 0 saturated carbocycles. The number of fused-ring (bicyclic) bond motifs is 1. The van der Waals surface area contributed by atoms with Gasteiger partial charge in [0.1, 0.15) is 10.9 Å². The molecule has 244 valence electrons. The van der Waals surface area contributed by atoms with E-state index in [2.05, 4.69) is 46.3 Å². The number of carbonyl (C=O) groups excluding carboxylic acids is 2. The molecule has 2 aliphatic rings. The van der Waals surface area contributed by atoms with Crippen LogP contribution >= 0.6 is 11.6 Å². The zero-order valence-corrected chi connectivity index (χ0v) is 27.5. The SMILES string of the molecule is CCOC(=O)CCCC(=O)N1N=C(c2ccc(-c3ccc(N4CCOCC4)cc3)cc2)CC1c1cc2ccc(OCC)cc2nc1Cl. The summed E-state index contributed by atoms with van der Waals surface area (Å²) in [6, 6.07) is 24.1. The molecular formula is C37H39ClN4O5. The molecule has 1 fully saturated rings. The van der Waals surface area contributed by atoms with Gasteiger partial charge in [-0.1, -0.05) is 48.0 Å². The average Bonchev–Trinajstić information content (AvgIpc) is 3.54. The van der Waals surface area contributed by atoms with Gasteiger partial charge in [-0.3, -0.25) is 9.59 Å². The van der Waals surface area contributed by atoms with E-state index in [0.29, 0.717) is 36.7 Å². The molecule has 1 atom stereocenters. The second-order valence-corrected chi connectivity index (χ2v) is 11.9. The Morgan fingerprint density at radius 1 is 0.894 bits per heavy atom. The molecular weight excluding hydrogens is 616 g/mol. The molecule has 0 aliphatic carbocycles. The summed E-state index contributed by atoms with van der Waals surface area (Å²) in [5.41, 5.74) is 6.56. The van der Waals surface area contributed by atoms with E-state index in [9.17, 15) is 9.59 Å². The highest BCUT2D eigenvalue weighted by atomic mass is 35.5. The van der Waals surface area contributed by atoms with Crippen LogP contribution in [0.4, 0.5) is 5.69 Å². The van der Waals surface area contributed by atoms with Crippen LogP contribution in [0.3, 0.4) is 0 Å². The molecule has 1 amide bonds. The Hall–Kier alpha value is -4.47. The molecule has 0 bridgehead atoms. The molecule has 0 spiro atoms. The van der Waals surface area contributed by atoms with Crippen molar-refractivity contribution in [3.63, 3.8) is 0 Å². The number of halogens is 1. The van der Waals surface area contributed by atoms with Crippen LogP contribution in [-0.2, 0) is 19.1 Å². The number of hydrazone groups is 1. The number of nitrogens with zero attached hydrogens (tertiary/aromatic N) is 4. The number of anilines is 1. The minimum absolute atomic E-state index is 0.155. The van der Waals surface area contributed by atoms with E-state index in [1.165, 1.54) is 10.7 Å². The first-order chi connectivity index (χ1) is 22.9. The predicted octanol–water partition coefficient (Wildman–Crippen LogP) is 7.20. The lowest BCUT2D eigenvalue weighted by atomic mass is 9.96. The summed E-state index contributed by atoms with van der Waals surface area (Å²) in [4.78, 5) is 32.5. The van der Waals surface area contributed by atoms with Crippen LogP contribution in [0.1, 0.15) is 56.7 Å². The Balaban J connectivity index is 1.24. The van der Waals surface area contributed by atoms with Crippen molar-refractivity contribution in [2.75, 3.05) is 44.4 Å². The predicted molar refractivity (Wildman–Crippen MR) is 184 cm³/mol. The number of hydrogen-bond acceptors (Lipinski definition) is 8. The monoisotopic (exact) mass is 654 g/mol. The minimum Gasteiger partial charge on any atom is -0.494 e. The summed E-state index contributed by atoms with van der Waals surface area (Å²) in [7, 11) is 0. The van der Waals surface area contributed by atoms with Crippen molar-refractivity contribution in [2.45, 2.75) is 45.6 Å². The average molecular weight is 655 g/mol. The van der Waals surface area contributed by atoms with Crippen LogP contribution in [0.2, 0.25) is 5.15 Å². The van der Waals surface area contributed by atoms with Gasteiger partial charge in [0, 0.05) is 55.1 Å². The Bertz CT molecular complexity index is 1750. The molecule has 3 aromatic carbocycles. The molecule has 0 N–H and O–H groups in total. The third-order valence-electron chi connectivity index (χ3n) is 8.48. The molecule has 1 saturated heterocycles. The van der Waals surface area contributed by atoms with Crippen LogP contribution in [-0.4, -0.2) is 67.1 Å². The summed E-state index contributed by atoms with van der Waals surface area (Å²) in [6.45, 7) is 7.87. The highest BCUT2D eigenvalue weighted by molar-refractivity contribution is 6.30. The summed E-state index contributed by atoms with van der Waals surface area (Å²) in [5.74, 6) is 0.221. The highest BCUT2D eigenvalue weighted by Gasteiger charge is 2.35. The van der Waals surface area contributed by atoms with Crippen molar-refractivity contribution in [1.29, 1.82) is 0 Å². The van der Waals surface area contributed by atoms with Crippen LogP contribution in [0.5, 0.6) is 5.75 Å². The van der Waals surface area contributed by atoms with Gasteiger partial charge in [-0.15, -0.1) is 0 Å². The standard InChI is InChI=1S/C37H39ClN4O5/c1-3-46-30-17-14-28-22-31(37(38)39-32(28)23-30)34-24-33(40-42(34)35(43)6-5-7-36(44)47-4-2)27-10-8-25(9-11-27)26-12-15-29(16-13-26)41-18-20-45-21-19-41/h8-17,22-23,34H,3-7,18-21,24H2,1-2H3. The molecule has 3 heterocycles. The third kappa shape index (κ3) is 7.58. The molecule has 4 aromatic rings. The van der Waals surface area contributed by atoms with Crippen molar-refractivity contribution < 1.29 is 23.8 Å². The van der Waals surface area contributed by atoms with Crippen molar-refractivity contribution in [2.24, 2.45) is 5.10 Å². The second-order valence-electron chi connectivity index (χ2n) is 11.5. The largest absolute Gasteiger partial charge is 0.494 e. The number of ether oxygens (including phenoxy) is 3. The highest BCUT2D eigenvalue weighted by Crippen LogP contribution is 2.38. The van der Waals surface area contributed by atoms with E-state index in [-0.39, 0.29) is 24.7 Å². The zero-order chi connectivity index (χ0) is 32.8. The molecule has 2 aliphatic heterocycles. The van der Waals surface area contributed by atoms with Crippen molar-refractivity contribution in [3.8, 4) is 16.9 Å². The van der Waals surface area contributed by atoms with Gasteiger partial charge in [-0.25, -0.2) is 9.99 Å². The molecule has 9 nitrogen and oxygen atoms in total. The van der Waals surface area contributed by atoms with Gasteiger partial charge >= 0.3 is 5.97 Å². The molecule has 1 aromatic heterocycles. The van der Waals surface area contributed by atoms with Gasteiger partial charge in [0.25, 0.3) is 0 Å². The fourth-order valence-electron chi connectivity index (χ4n) is 6.06. The number of carbonyl (C=O) groups is 2. The normalized spacial score (nSPS) is 16.3. The summed E-state index contributed by atoms with van der Waals surface area (Å²) >= 11 is 6.80. The number of hydrogen-bond donors (Lipinski definition) is 0. The molecule has 10 heteroatoms. The number of benzene rings is 3. The van der Waals surface area contributed by atoms with Crippen molar-refractivity contribution in [3.05, 3.63) is 89.1 Å². The Labute approximate surface area is 280 Å². The summed E-state index contributed by atoms with van der Waals surface area (Å²) in [5, 5.41) is 7.56. The van der Waals surface area contributed by atoms with E-state index in [1.807, 2.05) is 43.3 Å². The van der Waals surface area contributed by atoms with Gasteiger partial charge < -0.3 is 19.1 Å². The lowest BCUT2D eigenvalue weighted by Gasteiger charge is -2.28. The zero-order valence-electron chi connectivity index (χ0n) is 26.8. The van der Waals surface area contributed by atoms with Crippen LogP contribution in [0, 0.1) is 0 Å². The number of morpholine rings is 1. The van der Waals surface area contributed by atoms with Crippen LogP contribution in [0.15, 0.2) is 77.9 Å². The molecule has 6 rings (SSSR count). The van der Waals surface area contributed by atoms with Gasteiger partial charge in [-0.05, 0) is 67.3 Å². The minimum atomic E-state index is -0.441. The quantitative estimate of drug-likeness (QED) is 0.125. The Morgan fingerprint density at radius 2 is 1.60 bits per heavy atom. The third-order valence-corrected chi connectivity index (χ3v) is 8.78. The molecule has 1 unspecified atom stereocenters. The van der Waals surface area contributed by atoms with E-state index < -0.39 is 6.04 Å². The van der Waals surface area contributed by atoms with E-state index in [0.717, 1.165) is 65.4 Å². The Kier molecular flexibility index (Phi) is 10.3. The van der Waals surface area contributed by atoms with E-state index in [1.54, 1.807) is 6.92 Å². The lowest BCUT2D eigenvalue weighted by molar-refractivity contribution is -0.143. The first-order valence-corrected chi connectivity index (χ1v) is 16.6. The number of esters is 1. The Morgan fingerprint density at radius 3 is 2.30 bits per heavy atom. The summed E-state index contributed by atoms with van der Waals surface area (Å²) in [6.07, 6.45) is 1.17. The topological polar surface area (TPSA) is 93.6 Å². The number of pyridine rings is 1. The van der Waals surface area contributed by atoms with Crippen molar-refractivity contribution in [1.82, 2.24) is 9.99 Å². The van der Waals surface area contributed by atoms with Crippen LogP contribution < -0.4 is 9.64 Å². The van der Waals surface area contributed by atoms with Crippen LogP contribution in [0.25, 0.3) is 22.0 Å². The smallest absolute Gasteiger partial charge is 0.305 e. The number of amides is 1. The molecule has 0 radical (unpaired) electrons. The van der Waals surface area contributed by atoms with E-state index in [4.69, 9.17) is 30.9 Å². The van der Waals surface area contributed by atoms with Gasteiger partial charge in [0.2, 0.25) is 5.91 Å². The maximum Gasteiger partial charge on any atom is 0.305 e. The number of aromatic nitrogens is 1. The van der Waals surface area contributed by atoms with Crippen molar-refractivity contribution >= 4 is 45.8 Å². The molecule has 47 heavy (non-hydrogen) atoms. The van der Waals surface area contributed by atoms with E-state index >= 15 is 0 Å². The fourth-order valence-corrected chi connectivity index (χ4v) is 6.33. The van der Waals surface area contributed by atoms with Gasteiger partial charge in [0.15, 0.2) is 0 Å². The first-order valence-electron chi connectivity index (χ1n) is 16.2. The van der Waals surface area contributed by atoms with Gasteiger partial charge in [-0.2, -0.15) is 5.10 Å². The van der Waals surface area contributed by atoms with Gasteiger partial charge in [0.05, 0.1) is 43.7 Å².